The van der Waals surface area contributed by atoms with E-state index >= 15 is 0 Å². The van der Waals surface area contributed by atoms with Gasteiger partial charge >= 0.3 is 0 Å². The highest BCUT2D eigenvalue weighted by molar-refractivity contribution is 5.36. The lowest BCUT2D eigenvalue weighted by Crippen LogP contribution is -2.05. The van der Waals surface area contributed by atoms with Crippen LogP contribution in [-0.4, -0.2) is 5.11 Å². The molecule has 0 spiro atoms. The number of hydrogen-bond donors (Lipinski definition) is 1. The third-order valence-electron chi connectivity index (χ3n) is 3.32. The van der Waals surface area contributed by atoms with Gasteiger partial charge < -0.3 is 5.11 Å². The first-order valence-corrected chi connectivity index (χ1v) is 6.79. The van der Waals surface area contributed by atoms with Crippen LogP contribution in [0.2, 0.25) is 0 Å². The van der Waals surface area contributed by atoms with Crippen molar-refractivity contribution in [3.8, 4) is 0 Å². The van der Waals surface area contributed by atoms with Gasteiger partial charge in [0.15, 0.2) is 0 Å². The van der Waals surface area contributed by atoms with Crippen LogP contribution in [-0.2, 0) is 0 Å². The molecule has 0 aliphatic heterocycles. The second-order valence-corrected chi connectivity index (χ2v) is 5.50. The maximum atomic E-state index is 10.2. The summed E-state index contributed by atoms with van der Waals surface area (Å²) in [6.07, 6.45) is 1.56. The minimum atomic E-state index is -0.307. The third kappa shape index (κ3) is 3.57. The second kappa shape index (κ2) is 6.20. The Kier molecular flexibility index (Phi) is 5.20. The van der Waals surface area contributed by atoms with E-state index < -0.39 is 0 Å². The van der Waals surface area contributed by atoms with Gasteiger partial charge in [0.25, 0.3) is 0 Å². The number of benzene rings is 1. The van der Waals surface area contributed by atoms with Crippen LogP contribution in [0.3, 0.4) is 0 Å². The SMILES string of the molecule is CCCC(O)c1ccc(C(C)C)cc1C(C)C. The summed E-state index contributed by atoms with van der Waals surface area (Å²) in [6.45, 7) is 10.9. The Morgan fingerprint density at radius 1 is 1.00 bits per heavy atom. The predicted molar refractivity (Wildman–Crippen MR) is 74.5 cm³/mol. The molecule has 0 aliphatic rings. The molecular weight excluding hydrogens is 208 g/mol. The molecule has 1 aromatic carbocycles. The van der Waals surface area contributed by atoms with Crippen LogP contribution in [0, 0.1) is 0 Å². The summed E-state index contributed by atoms with van der Waals surface area (Å²) < 4.78 is 0. The zero-order valence-electron chi connectivity index (χ0n) is 11.8. The molecule has 1 unspecified atom stereocenters. The molecule has 1 rings (SSSR count). The Bertz CT molecular complexity index is 353. The maximum absolute atomic E-state index is 10.2. The Morgan fingerprint density at radius 3 is 2.12 bits per heavy atom. The van der Waals surface area contributed by atoms with E-state index in [4.69, 9.17) is 0 Å². The molecular formula is C16H26O. The highest BCUT2D eigenvalue weighted by Crippen LogP contribution is 2.30. The van der Waals surface area contributed by atoms with Gasteiger partial charge in [0, 0.05) is 0 Å². The van der Waals surface area contributed by atoms with Crippen LogP contribution in [0.1, 0.15) is 82.1 Å². The van der Waals surface area contributed by atoms with Crippen LogP contribution in [0.15, 0.2) is 18.2 Å². The normalized spacial score (nSPS) is 13.4. The molecule has 0 saturated carbocycles. The van der Waals surface area contributed by atoms with Crippen molar-refractivity contribution in [2.45, 2.75) is 65.4 Å². The maximum Gasteiger partial charge on any atom is 0.0792 e. The summed E-state index contributed by atoms with van der Waals surface area (Å²) in [5.74, 6) is 1.01. The van der Waals surface area contributed by atoms with Crippen molar-refractivity contribution >= 4 is 0 Å². The Morgan fingerprint density at radius 2 is 1.65 bits per heavy atom. The molecule has 0 aliphatic carbocycles. The lowest BCUT2D eigenvalue weighted by molar-refractivity contribution is 0.165. The Hall–Kier alpha value is -0.820. The zero-order chi connectivity index (χ0) is 13.0. The van der Waals surface area contributed by atoms with Crippen LogP contribution in [0.25, 0.3) is 0 Å². The fourth-order valence-corrected chi connectivity index (χ4v) is 2.18. The number of rotatable bonds is 5. The Balaban J connectivity index is 3.12. The molecule has 0 aromatic heterocycles. The number of aliphatic hydroxyl groups is 1. The monoisotopic (exact) mass is 234 g/mol. The highest BCUT2D eigenvalue weighted by Gasteiger charge is 2.15. The average molecular weight is 234 g/mol. The van der Waals surface area contributed by atoms with Gasteiger partial charge in [0.2, 0.25) is 0 Å². The van der Waals surface area contributed by atoms with Crippen molar-refractivity contribution in [1.82, 2.24) is 0 Å². The van der Waals surface area contributed by atoms with Crippen LogP contribution in [0.5, 0.6) is 0 Å². The van der Waals surface area contributed by atoms with Crippen molar-refractivity contribution < 1.29 is 5.11 Å². The summed E-state index contributed by atoms with van der Waals surface area (Å²) in [6, 6.07) is 6.54. The van der Waals surface area contributed by atoms with Crippen LogP contribution in [0.4, 0.5) is 0 Å². The molecule has 0 heterocycles. The molecule has 1 aromatic rings. The van der Waals surface area contributed by atoms with E-state index in [2.05, 4.69) is 52.8 Å². The van der Waals surface area contributed by atoms with E-state index in [1.165, 1.54) is 11.1 Å². The third-order valence-corrected chi connectivity index (χ3v) is 3.32. The summed E-state index contributed by atoms with van der Waals surface area (Å²) in [4.78, 5) is 0. The molecule has 0 radical (unpaired) electrons. The van der Waals surface area contributed by atoms with Crippen molar-refractivity contribution in [2.24, 2.45) is 0 Å². The van der Waals surface area contributed by atoms with E-state index in [-0.39, 0.29) is 6.10 Å². The average Bonchev–Trinajstić information content (AvgIpc) is 2.28. The lowest BCUT2D eigenvalue weighted by Gasteiger charge is -2.20. The van der Waals surface area contributed by atoms with Gasteiger partial charge in [-0.15, -0.1) is 0 Å². The fourth-order valence-electron chi connectivity index (χ4n) is 2.18. The van der Waals surface area contributed by atoms with Gasteiger partial charge in [-0.25, -0.2) is 0 Å². The quantitative estimate of drug-likeness (QED) is 0.778. The molecule has 1 N–H and O–H groups in total. The molecule has 0 fully saturated rings. The minimum Gasteiger partial charge on any atom is -0.388 e. The Labute approximate surface area is 106 Å². The fraction of sp³-hybridized carbons (Fsp3) is 0.625. The van der Waals surface area contributed by atoms with Gasteiger partial charge in [0.1, 0.15) is 0 Å². The molecule has 0 saturated heterocycles. The van der Waals surface area contributed by atoms with Gasteiger partial charge in [-0.2, -0.15) is 0 Å². The van der Waals surface area contributed by atoms with Gasteiger partial charge in [-0.05, 0) is 34.9 Å². The topological polar surface area (TPSA) is 20.2 Å². The lowest BCUT2D eigenvalue weighted by atomic mass is 9.88. The summed E-state index contributed by atoms with van der Waals surface area (Å²) in [5, 5.41) is 10.2. The van der Waals surface area contributed by atoms with Crippen molar-refractivity contribution in [3.63, 3.8) is 0 Å². The van der Waals surface area contributed by atoms with E-state index in [0.717, 1.165) is 18.4 Å². The van der Waals surface area contributed by atoms with E-state index in [1.807, 2.05) is 0 Å². The highest BCUT2D eigenvalue weighted by atomic mass is 16.3. The van der Waals surface area contributed by atoms with Gasteiger partial charge in [0.05, 0.1) is 6.10 Å². The first-order chi connectivity index (χ1) is 7.97. The number of aliphatic hydroxyl groups excluding tert-OH is 1. The molecule has 17 heavy (non-hydrogen) atoms. The summed E-state index contributed by atoms with van der Waals surface area (Å²) in [5.41, 5.74) is 3.78. The van der Waals surface area contributed by atoms with Crippen molar-refractivity contribution in [3.05, 3.63) is 34.9 Å². The predicted octanol–water partition coefficient (Wildman–Crippen LogP) is 4.77. The van der Waals surface area contributed by atoms with E-state index in [1.54, 1.807) is 0 Å². The first-order valence-electron chi connectivity index (χ1n) is 6.79. The molecule has 0 amide bonds. The smallest absolute Gasteiger partial charge is 0.0792 e. The van der Waals surface area contributed by atoms with E-state index in [9.17, 15) is 5.11 Å². The summed E-state index contributed by atoms with van der Waals surface area (Å²) >= 11 is 0. The minimum absolute atomic E-state index is 0.307. The van der Waals surface area contributed by atoms with Crippen molar-refractivity contribution in [2.75, 3.05) is 0 Å². The van der Waals surface area contributed by atoms with Crippen LogP contribution < -0.4 is 0 Å². The molecule has 1 nitrogen and oxygen atoms in total. The second-order valence-electron chi connectivity index (χ2n) is 5.50. The molecule has 0 bridgehead atoms. The van der Waals surface area contributed by atoms with E-state index in [0.29, 0.717) is 11.8 Å². The standard InChI is InChI=1S/C16H26O/c1-6-7-16(17)14-9-8-13(11(2)3)10-15(14)12(4)5/h8-12,16-17H,6-7H2,1-5H3. The molecule has 1 heteroatoms. The van der Waals surface area contributed by atoms with Gasteiger partial charge in [-0.3, -0.25) is 0 Å². The largest absolute Gasteiger partial charge is 0.388 e. The summed E-state index contributed by atoms with van der Waals surface area (Å²) in [7, 11) is 0. The van der Waals surface area contributed by atoms with Crippen LogP contribution >= 0.6 is 0 Å². The first kappa shape index (κ1) is 14.2. The van der Waals surface area contributed by atoms with Crippen molar-refractivity contribution in [1.29, 1.82) is 0 Å². The molecule has 1 atom stereocenters. The zero-order valence-corrected chi connectivity index (χ0v) is 11.8. The number of hydrogen-bond acceptors (Lipinski definition) is 1. The molecule has 96 valence electrons. The van der Waals surface area contributed by atoms with Gasteiger partial charge in [-0.1, -0.05) is 59.2 Å².